The first-order valence-corrected chi connectivity index (χ1v) is 12.9. The van der Waals surface area contributed by atoms with Gasteiger partial charge in [0, 0.05) is 69.1 Å². The number of carbonyl (C=O) groups is 1. The molecule has 1 amide bonds. The fraction of sp³-hybridized carbons (Fsp3) is 0.536. The summed E-state index contributed by atoms with van der Waals surface area (Å²) < 4.78 is 39.7. The fourth-order valence-electron chi connectivity index (χ4n) is 5.22. The first-order valence-electron chi connectivity index (χ1n) is 12.9. The van der Waals surface area contributed by atoms with Crippen LogP contribution in [0.15, 0.2) is 42.5 Å². The molecule has 0 aromatic heterocycles. The van der Waals surface area contributed by atoms with E-state index in [-0.39, 0.29) is 23.4 Å². The standard InChI is InChI=1S/C28H37F3N4O/c1-20-4-8-25(9-5-20)34-16-14-33(15-17-34)19-22(3)27(36)35-12-10-23(11-13-35)32-24-7-6-21(2)26(18-24)28(29,30)31/h4-9,18,22-23,32H,10-17,19H2,1-3H3/t22-/m0/s1. The second kappa shape index (κ2) is 11.1. The average Bonchev–Trinajstić information content (AvgIpc) is 2.85. The molecule has 0 aliphatic carbocycles. The van der Waals surface area contributed by atoms with Crippen molar-refractivity contribution >= 4 is 17.3 Å². The topological polar surface area (TPSA) is 38.8 Å². The fourth-order valence-corrected chi connectivity index (χ4v) is 5.22. The van der Waals surface area contributed by atoms with Crippen molar-refractivity contribution in [2.75, 3.05) is 56.0 Å². The van der Waals surface area contributed by atoms with Crippen molar-refractivity contribution in [3.63, 3.8) is 0 Å². The van der Waals surface area contributed by atoms with Gasteiger partial charge in [-0.1, -0.05) is 30.7 Å². The summed E-state index contributed by atoms with van der Waals surface area (Å²) >= 11 is 0. The molecule has 36 heavy (non-hydrogen) atoms. The van der Waals surface area contributed by atoms with Crippen molar-refractivity contribution < 1.29 is 18.0 Å². The predicted octanol–water partition coefficient (Wildman–Crippen LogP) is 5.18. The lowest BCUT2D eigenvalue weighted by molar-refractivity contribution is -0.138. The molecule has 2 fully saturated rings. The lowest BCUT2D eigenvalue weighted by atomic mass is 10.0. The Bertz CT molecular complexity index is 1020. The van der Waals surface area contributed by atoms with E-state index in [4.69, 9.17) is 0 Å². The van der Waals surface area contributed by atoms with E-state index >= 15 is 0 Å². The minimum atomic E-state index is -4.36. The second-order valence-corrected chi connectivity index (χ2v) is 10.3. The first-order chi connectivity index (χ1) is 17.1. The highest BCUT2D eigenvalue weighted by molar-refractivity contribution is 5.78. The molecule has 2 aliphatic rings. The number of nitrogens with zero attached hydrogens (tertiary/aromatic N) is 3. The van der Waals surface area contributed by atoms with Gasteiger partial charge in [0.1, 0.15) is 0 Å². The molecule has 2 saturated heterocycles. The van der Waals surface area contributed by atoms with E-state index in [1.165, 1.54) is 30.3 Å². The second-order valence-electron chi connectivity index (χ2n) is 10.3. The van der Waals surface area contributed by atoms with Crippen LogP contribution in [0.25, 0.3) is 0 Å². The van der Waals surface area contributed by atoms with Crippen LogP contribution >= 0.6 is 0 Å². The molecule has 4 rings (SSSR count). The largest absolute Gasteiger partial charge is 0.416 e. The first kappa shape index (κ1) is 26.3. The number of hydrogen-bond acceptors (Lipinski definition) is 4. The highest BCUT2D eigenvalue weighted by Crippen LogP contribution is 2.34. The van der Waals surface area contributed by atoms with Gasteiger partial charge in [-0.15, -0.1) is 0 Å². The number of likely N-dealkylation sites (tertiary alicyclic amines) is 1. The van der Waals surface area contributed by atoms with Crippen LogP contribution in [-0.4, -0.2) is 67.6 Å². The number of aryl methyl sites for hydroxylation is 2. The lowest BCUT2D eigenvalue weighted by Crippen LogP contribution is -2.50. The van der Waals surface area contributed by atoms with E-state index in [1.54, 1.807) is 6.07 Å². The van der Waals surface area contributed by atoms with Crippen molar-refractivity contribution in [3.8, 4) is 0 Å². The maximum absolute atomic E-state index is 13.2. The third-order valence-electron chi connectivity index (χ3n) is 7.45. The van der Waals surface area contributed by atoms with E-state index in [2.05, 4.69) is 46.3 Å². The van der Waals surface area contributed by atoms with Crippen LogP contribution in [0.2, 0.25) is 0 Å². The summed E-state index contributed by atoms with van der Waals surface area (Å²) in [5.41, 5.74) is 2.61. The monoisotopic (exact) mass is 502 g/mol. The maximum Gasteiger partial charge on any atom is 0.416 e. The summed E-state index contributed by atoms with van der Waals surface area (Å²) in [6.07, 6.45) is -2.91. The van der Waals surface area contributed by atoms with Gasteiger partial charge in [0.05, 0.1) is 5.56 Å². The summed E-state index contributed by atoms with van der Waals surface area (Å²) in [4.78, 5) is 19.8. The summed E-state index contributed by atoms with van der Waals surface area (Å²) in [7, 11) is 0. The Balaban J connectivity index is 1.22. The SMILES string of the molecule is Cc1ccc(N2CCN(C[C@H](C)C(=O)N3CCC(Nc4ccc(C)c(C(F)(F)F)c4)CC3)CC2)cc1. The molecule has 2 aliphatic heterocycles. The molecule has 2 heterocycles. The van der Waals surface area contributed by atoms with Gasteiger partial charge in [-0.3, -0.25) is 9.69 Å². The molecule has 8 heteroatoms. The van der Waals surface area contributed by atoms with E-state index in [0.717, 1.165) is 45.6 Å². The number of nitrogens with one attached hydrogen (secondary N) is 1. The number of alkyl halides is 3. The molecule has 0 saturated carbocycles. The number of carbonyl (C=O) groups excluding carboxylic acids is 1. The normalized spacial score (nSPS) is 18.8. The highest BCUT2D eigenvalue weighted by atomic mass is 19.4. The van der Waals surface area contributed by atoms with Crippen molar-refractivity contribution in [2.45, 2.75) is 45.8 Å². The third kappa shape index (κ3) is 6.52. The van der Waals surface area contributed by atoms with Crippen LogP contribution < -0.4 is 10.2 Å². The molecule has 0 radical (unpaired) electrons. The van der Waals surface area contributed by atoms with Gasteiger partial charge >= 0.3 is 6.18 Å². The number of halogens is 3. The number of amides is 1. The zero-order chi connectivity index (χ0) is 25.9. The minimum Gasteiger partial charge on any atom is -0.382 e. The lowest BCUT2D eigenvalue weighted by Gasteiger charge is -2.38. The van der Waals surface area contributed by atoms with Crippen molar-refractivity contribution in [1.29, 1.82) is 0 Å². The number of benzene rings is 2. The average molecular weight is 503 g/mol. The van der Waals surface area contributed by atoms with Crippen LogP contribution in [0.3, 0.4) is 0 Å². The smallest absolute Gasteiger partial charge is 0.382 e. The van der Waals surface area contributed by atoms with E-state index in [0.29, 0.717) is 18.8 Å². The van der Waals surface area contributed by atoms with Crippen molar-refractivity contribution in [1.82, 2.24) is 9.80 Å². The third-order valence-corrected chi connectivity index (χ3v) is 7.45. The van der Waals surface area contributed by atoms with Gasteiger partial charge in [0.15, 0.2) is 0 Å². The molecule has 0 unspecified atom stereocenters. The van der Waals surface area contributed by atoms with Crippen LogP contribution in [-0.2, 0) is 11.0 Å². The summed E-state index contributed by atoms with van der Waals surface area (Å²) in [5, 5.41) is 3.24. The molecule has 5 nitrogen and oxygen atoms in total. The van der Waals surface area contributed by atoms with E-state index in [1.807, 2.05) is 11.8 Å². The minimum absolute atomic E-state index is 0.0583. The van der Waals surface area contributed by atoms with Gasteiger partial charge in [-0.25, -0.2) is 0 Å². The summed E-state index contributed by atoms with van der Waals surface area (Å²) in [6, 6.07) is 13.1. The number of anilines is 2. The number of hydrogen-bond donors (Lipinski definition) is 1. The molecule has 0 spiro atoms. The molecule has 0 bridgehead atoms. The van der Waals surface area contributed by atoms with Crippen LogP contribution in [0.1, 0.15) is 36.5 Å². The Labute approximate surface area is 212 Å². The van der Waals surface area contributed by atoms with Crippen molar-refractivity contribution in [2.24, 2.45) is 5.92 Å². The Morgan fingerprint density at radius 2 is 1.61 bits per heavy atom. The van der Waals surface area contributed by atoms with Crippen LogP contribution in [0.4, 0.5) is 24.5 Å². The Kier molecular flexibility index (Phi) is 8.13. The molecule has 1 N–H and O–H groups in total. The number of piperazine rings is 1. The highest BCUT2D eigenvalue weighted by Gasteiger charge is 2.33. The van der Waals surface area contributed by atoms with Gasteiger partial charge in [-0.05, 0) is 56.5 Å². The molecular formula is C28H37F3N4O. The molecule has 2 aromatic carbocycles. The van der Waals surface area contributed by atoms with Gasteiger partial charge < -0.3 is 15.1 Å². The van der Waals surface area contributed by atoms with Crippen LogP contribution in [0, 0.1) is 19.8 Å². The quantitative estimate of drug-likeness (QED) is 0.591. The van der Waals surface area contributed by atoms with Crippen molar-refractivity contribution in [3.05, 3.63) is 59.2 Å². The Hall–Kier alpha value is -2.74. The zero-order valence-corrected chi connectivity index (χ0v) is 21.4. The van der Waals surface area contributed by atoms with Crippen LogP contribution in [0.5, 0.6) is 0 Å². The predicted molar refractivity (Wildman–Crippen MR) is 138 cm³/mol. The molecular weight excluding hydrogens is 465 g/mol. The van der Waals surface area contributed by atoms with Gasteiger partial charge in [0.2, 0.25) is 5.91 Å². The molecule has 1 atom stereocenters. The maximum atomic E-state index is 13.2. The summed E-state index contributed by atoms with van der Waals surface area (Å²) in [6.45, 7) is 11.4. The molecule has 2 aromatic rings. The molecule has 196 valence electrons. The van der Waals surface area contributed by atoms with E-state index < -0.39 is 11.7 Å². The summed E-state index contributed by atoms with van der Waals surface area (Å²) in [5.74, 6) is 0.0935. The Morgan fingerprint density at radius 3 is 2.22 bits per heavy atom. The number of rotatable bonds is 6. The number of piperidine rings is 1. The van der Waals surface area contributed by atoms with Gasteiger partial charge in [-0.2, -0.15) is 13.2 Å². The Morgan fingerprint density at radius 1 is 0.972 bits per heavy atom. The van der Waals surface area contributed by atoms with E-state index in [9.17, 15) is 18.0 Å². The zero-order valence-electron chi connectivity index (χ0n) is 21.4. The van der Waals surface area contributed by atoms with Gasteiger partial charge in [0.25, 0.3) is 0 Å².